The van der Waals surface area contributed by atoms with Crippen molar-refractivity contribution in [3.63, 3.8) is 0 Å². The fourth-order valence-corrected chi connectivity index (χ4v) is 5.63. The molecule has 2 aromatic heterocycles. The highest BCUT2D eigenvalue weighted by Gasteiger charge is 2.18. The van der Waals surface area contributed by atoms with Crippen molar-refractivity contribution in [3.8, 4) is 11.3 Å². The molecule has 38 heavy (non-hydrogen) atoms. The topological polar surface area (TPSA) is 64.3 Å². The number of hydrogen-bond acceptors (Lipinski definition) is 4. The van der Waals surface area contributed by atoms with Gasteiger partial charge < -0.3 is 0 Å². The van der Waals surface area contributed by atoms with Gasteiger partial charge in [0.25, 0.3) is 0 Å². The molecule has 4 rings (SSSR count). The van der Waals surface area contributed by atoms with E-state index in [1.807, 2.05) is 10.7 Å². The van der Waals surface area contributed by atoms with Crippen molar-refractivity contribution in [3.05, 3.63) is 82.1 Å². The standard InChI is InChI=1S/C21H26BrN3.C7H6F2O2S.CH4/c1-4-8-16(9-5-2)12-17-13-20(18-11-7-6-10-15(18)3)24-21-19(22)14-23-25(17)21;1-12(10,11)7-5(8)3-2-4-6(7)9;/h6-7,10-11,13-14,16H,4-5,8-9,12H2,1-3H3;2-4H,1H3;1H4. The average molecular weight is 609 g/mol. The Morgan fingerprint density at radius 3 is 2.13 bits per heavy atom. The van der Waals surface area contributed by atoms with E-state index in [-0.39, 0.29) is 7.43 Å². The van der Waals surface area contributed by atoms with Gasteiger partial charge >= 0.3 is 0 Å². The molecular formula is C29H36BrF2N3O2S. The molecule has 0 bridgehead atoms. The highest BCUT2D eigenvalue weighted by Crippen LogP contribution is 2.28. The lowest BCUT2D eigenvalue weighted by Gasteiger charge is -2.17. The number of aryl methyl sites for hydroxylation is 1. The van der Waals surface area contributed by atoms with Crippen molar-refractivity contribution >= 4 is 31.4 Å². The first-order valence-electron chi connectivity index (χ1n) is 12.3. The molecule has 0 atom stereocenters. The van der Waals surface area contributed by atoms with Gasteiger partial charge in [-0.05, 0) is 59.0 Å². The van der Waals surface area contributed by atoms with Crippen LogP contribution in [0.15, 0.2) is 64.1 Å². The molecule has 9 heteroatoms. The first-order valence-corrected chi connectivity index (χ1v) is 15.0. The second-order valence-electron chi connectivity index (χ2n) is 9.15. The molecule has 0 aliphatic carbocycles. The van der Waals surface area contributed by atoms with E-state index in [0.29, 0.717) is 5.92 Å². The van der Waals surface area contributed by atoms with Crippen LogP contribution in [-0.2, 0) is 16.3 Å². The Balaban J connectivity index is 0.000000330. The van der Waals surface area contributed by atoms with Gasteiger partial charge in [-0.25, -0.2) is 26.7 Å². The summed E-state index contributed by atoms with van der Waals surface area (Å²) in [4.78, 5) is 4.01. The summed E-state index contributed by atoms with van der Waals surface area (Å²) in [6, 6.07) is 13.6. The molecule has 2 aromatic carbocycles. The van der Waals surface area contributed by atoms with Gasteiger partial charge in [-0.15, -0.1) is 0 Å². The largest absolute Gasteiger partial charge is 0.227 e. The molecular weight excluding hydrogens is 572 g/mol. The molecule has 0 aliphatic rings. The number of nitrogens with zero attached hydrogens (tertiary/aromatic N) is 3. The summed E-state index contributed by atoms with van der Waals surface area (Å²) in [7, 11) is -3.81. The minimum absolute atomic E-state index is 0. The second-order valence-corrected chi connectivity index (χ2v) is 12.0. The number of sulfone groups is 1. The number of halogens is 3. The van der Waals surface area contributed by atoms with Gasteiger partial charge in [0.15, 0.2) is 15.5 Å². The van der Waals surface area contributed by atoms with Crippen LogP contribution in [0, 0.1) is 24.5 Å². The van der Waals surface area contributed by atoms with Crippen molar-refractivity contribution in [2.24, 2.45) is 5.92 Å². The zero-order valence-corrected chi connectivity index (χ0v) is 23.9. The molecule has 0 N–H and O–H groups in total. The molecule has 0 unspecified atom stereocenters. The van der Waals surface area contributed by atoms with Crippen LogP contribution < -0.4 is 0 Å². The fourth-order valence-electron chi connectivity index (χ4n) is 4.44. The molecule has 206 valence electrons. The lowest BCUT2D eigenvalue weighted by Crippen LogP contribution is -2.10. The third-order valence-electron chi connectivity index (χ3n) is 6.10. The maximum absolute atomic E-state index is 12.7. The monoisotopic (exact) mass is 607 g/mol. The molecule has 0 saturated heterocycles. The van der Waals surface area contributed by atoms with Crippen molar-refractivity contribution in [1.82, 2.24) is 14.6 Å². The van der Waals surface area contributed by atoms with E-state index in [2.05, 4.69) is 72.1 Å². The zero-order chi connectivity index (χ0) is 27.2. The van der Waals surface area contributed by atoms with E-state index >= 15 is 0 Å². The number of aromatic nitrogens is 3. The van der Waals surface area contributed by atoms with Crippen molar-refractivity contribution in [2.75, 3.05) is 6.26 Å². The molecule has 0 radical (unpaired) electrons. The minimum atomic E-state index is -3.81. The van der Waals surface area contributed by atoms with Gasteiger partial charge in [0.05, 0.1) is 16.4 Å². The number of fused-ring (bicyclic) bond motifs is 1. The molecule has 2 heterocycles. The zero-order valence-electron chi connectivity index (χ0n) is 21.5. The molecule has 0 saturated carbocycles. The number of rotatable bonds is 8. The van der Waals surface area contributed by atoms with Crippen LogP contribution >= 0.6 is 15.9 Å². The van der Waals surface area contributed by atoms with Crippen LogP contribution in [0.4, 0.5) is 8.78 Å². The van der Waals surface area contributed by atoms with Crippen LogP contribution in [0.2, 0.25) is 0 Å². The van der Waals surface area contributed by atoms with E-state index in [0.717, 1.165) is 46.7 Å². The Labute approximate surface area is 233 Å². The normalized spacial score (nSPS) is 11.3. The van der Waals surface area contributed by atoms with E-state index < -0.39 is 26.4 Å². The van der Waals surface area contributed by atoms with Gasteiger partial charge in [0, 0.05) is 17.5 Å². The minimum Gasteiger partial charge on any atom is -0.227 e. The summed E-state index contributed by atoms with van der Waals surface area (Å²) >= 11 is 3.61. The number of benzene rings is 2. The summed E-state index contributed by atoms with van der Waals surface area (Å²) in [5, 5.41) is 4.56. The molecule has 0 fully saturated rings. The molecule has 0 spiro atoms. The Kier molecular flexibility index (Phi) is 11.6. The van der Waals surface area contributed by atoms with Gasteiger partial charge in [-0.2, -0.15) is 5.10 Å². The van der Waals surface area contributed by atoms with Crippen LogP contribution in [-0.4, -0.2) is 29.3 Å². The maximum atomic E-state index is 12.7. The van der Waals surface area contributed by atoms with E-state index in [1.54, 1.807) is 0 Å². The van der Waals surface area contributed by atoms with Crippen molar-refractivity contribution in [1.29, 1.82) is 0 Å². The predicted octanol–water partition coefficient (Wildman–Crippen LogP) is 8.23. The van der Waals surface area contributed by atoms with Crippen LogP contribution in [0.25, 0.3) is 16.9 Å². The predicted molar refractivity (Wildman–Crippen MR) is 154 cm³/mol. The van der Waals surface area contributed by atoms with Gasteiger partial charge in [0.2, 0.25) is 0 Å². The first-order chi connectivity index (χ1) is 17.6. The van der Waals surface area contributed by atoms with Crippen molar-refractivity contribution in [2.45, 2.75) is 65.2 Å². The third kappa shape index (κ3) is 7.69. The summed E-state index contributed by atoms with van der Waals surface area (Å²) in [6.07, 6.45) is 8.64. The highest BCUT2D eigenvalue weighted by molar-refractivity contribution is 9.10. The van der Waals surface area contributed by atoms with Gasteiger partial charge in [0.1, 0.15) is 16.5 Å². The quantitative estimate of drug-likeness (QED) is 0.202. The van der Waals surface area contributed by atoms with E-state index in [4.69, 9.17) is 4.98 Å². The van der Waals surface area contributed by atoms with E-state index in [9.17, 15) is 17.2 Å². The van der Waals surface area contributed by atoms with Crippen LogP contribution in [0.1, 0.15) is 58.2 Å². The van der Waals surface area contributed by atoms with Crippen molar-refractivity contribution < 1.29 is 17.2 Å². The Morgan fingerprint density at radius 2 is 1.61 bits per heavy atom. The Bertz CT molecular complexity index is 1450. The summed E-state index contributed by atoms with van der Waals surface area (Å²) in [5.41, 5.74) is 5.64. The van der Waals surface area contributed by atoms with Crippen LogP contribution in [0.5, 0.6) is 0 Å². The molecule has 0 aliphatic heterocycles. The lowest BCUT2D eigenvalue weighted by atomic mass is 9.92. The molecule has 4 aromatic rings. The van der Waals surface area contributed by atoms with E-state index in [1.165, 1.54) is 42.5 Å². The Hall–Kier alpha value is -2.65. The molecule has 0 amide bonds. The lowest BCUT2D eigenvalue weighted by molar-refractivity contribution is 0.430. The SMILES string of the molecule is C.CCCC(CCC)Cc1cc(-c2ccccc2C)nc2c(Br)cnn12.CS(=O)(=O)c1c(F)cccc1F. The average Bonchev–Trinajstić information content (AvgIpc) is 3.20. The smallest absolute Gasteiger partial charge is 0.181 e. The Morgan fingerprint density at radius 1 is 1.00 bits per heavy atom. The van der Waals surface area contributed by atoms with Gasteiger partial charge in [-0.1, -0.05) is 77.3 Å². The second kappa shape index (κ2) is 13.9. The maximum Gasteiger partial charge on any atom is 0.181 e. The number of hydrogen-bond donors (Lipinski definition) is 0. The fraction of sp³-hybridized carbons (Fsp3) is 0.379. The summed E-state index contributed by atoms with van der Waals surface area (Å²) in [6.45, 7) is 6.69. The highest BCUT2D eigenvalue weighted by atomic mass is 79.9. The molecule has 5 nitrogen and oxygen atoms in total. The van der Waals surface area contributed by atoms with Gasteiger partial charge in [-0.3, -0.25) is 0 Å². The summed E-state index contributed by atoms with van der Waals surface area (Å²) in [5.74, 6) is -1.41. The summed E-state index contributed by atoms with van der Waals surface area (Å²) < 4.78 is 50.0. The first kappa shape index (κ1) is 31.6. The third-order valence-corrected chi connectivity index (χ3v) is 7.80. The van der Waals surface area contributed by atoms with Crippen LogP contribution in [0.3, 0.4) is 0 Å².